The predicted octanol–water partition coefficient (Wildman–Crippen LogP) is 2.50. The lowest BCUT2D eigenvalue weighted by atomic mass is 10.2. The molecule has 1 atom stereocenters. The molecule has 3 N–H and O–H groups in total. The molecule has 1 saturated carbocycles. The molecule has 1 aromatic heterocycles. The Labute approximate surface area is 113 Å². The molecule has 3 rings (SSSR count). The van der Waals surface area contributed by atoms with Crippen molar-refractivity contribution < 1.29 is 0 Å². The van der Waals surface area contributed by atoms with E-state index in [1.807, 2.05) is 0 Å². The molecule has 0 bridgehead atoms. The summed E-state index contributed by atoms with van der Waals surface area (Å²) in [5.41, 5.74) is 7.26. The SMILES string of the molecule is CC(CN1CCCC1)Nc1snc(N)c1C1CC1. The van der Waals surface area contributed by atoms with Gasteiger partial charge in [0.1, 0.15) is 10.8 Å². The van der Waals surface area contributed by atoms with Gasteiger partial charge < -0.3 is 16.0 Å². The Kier molecular flexibility index (Phi) is 3.43. The number of nitrogens with zero attached hydrogens (tertiary/aromatic N) is 2. The van der Waals surface area contributed by atoms with Gasteiger partial charge in [-0.15, -0.1) is 0 Å². The maximum atomic E-state index is 5.97. The van der Waals surface area contributed by atoms with Gasteiger partial charge in [0, 0.05) is 18.2 Å². The van der Waals surface area contributed by atoms with Crippen LogP contribution in [-0.2, 0) is 0 Å². The zero-order chi connectivity index (χ0) is 12.5. The highest BCUT2D eigenvalue weighted by molar-refractivity contribution is 7.10. The maximum absolute atomic E-state index is 5.97. The molecule has 2 heterocycles. The third kappa shape index (κ3) is 2.62. The third-order valence-corrected chi connectivity index (χ3v) is 4.66. The normalized spacial score (nSPS) is 22.3. The number of aromatic nitrogens is 1. The lowest BCUT2D eigenvalue weighted by Gasteiger charge is -2.21. The second kappa shape index (κ2) is 5.05. The van der Waals surface area contributed by atoms with Crippen LogP contribution in [0.15, 0.2) is 0 Å². The van der Waals surface area contributed by atoms with Crippen molar-refractivity contribution in [2.75, 3.05) is 30.7 Å². The number of nitrogen functional groups attached to an aromatic ring is 1. The number of likely N-dealkylation sites (tertiary alicyclic amines) is 1. The average Bonchev–Trinajstić information content (AvgIpc) is 2.91. The number of hydrogen-bond acceptors (Lipinski definition) is 5. The van der Waals surface area contributed by atoms with Crippen LogP contribution in [0.3, 0.4) is 0 Å². The largest absolute Gasteiger partial charge is 0.383 e. The number of anilines is 2. The van der Waals surface area contributed by atoms with Crippen molar-refractivity contribution in [3.05, 3.63) is 5.56 Å². The quantitative estimate of drug-likeness (QED) is 0.860. The Morgan fingerprint density at radius 3 is 2.83 bits per heavy atom. The number of rotatable bonds is 5. The molecule has 1 saturated heterocycles. The standard InChI is InChI=1S/C13H22N4S/c1-9(8-17-6-2-3-7-17)15-13-11(10-4-5-10)12(14)16-18-13/h9-10,15H,2-8H2,1H3,(H2,14,16). The fourth-order valence-electron chi connectivity index (χ4n) is 2.80. The van der Waals surface area contributed by atoms with Crippen molar-refractivity contribution in [2.24, 2.45) is 0 Å². The van der Waals surface area contributed by atoms with Crippen LogP contribution in [0.2, 0.25) is 0 Å². The summed E-state index contributed by atoms with van der Waals surface area (Å²) in [6, 6.07) is 0.473. The third-order valence-electron chi connectivity index (χ3n) is 3.85. The summed E-state index contributed by atoms with van der Waals surface area (Å²) in [7, 11) is 0. The fraction of sp³-hybridized carbons (Fsp3) is 0.769. The smallest absolute Gasteiger partial charge is 0.142 e. The average molecular weight is 266 g/mol. The van der Waals surface area contributed by atoms with Crippen molar-refractivity contribution in [2.45, 2.75) is 44.6 Å². The van der Waals surface area contributed by atoms with E-state index in [0.29, 0.717) is 12.0 Å². The summed E-state index contributed by atoms with van der Waals surface area (Å²) < 4.78 is 4.31. The van der Waals surface area contributed by atoms with Gasteiger partial charge in [-0.25, -0.2) is 0 Å². The van der Waals surface area contributed by atoms with Crippen LogP contribution in [0.4, 0.5) is 10.8 Å². The Balaban J connectivity index is 1.61. The molecule has 1 aliphatic carbocycles. The van der Waals surface area contributed by atoms with Crippen LogP contribution in [-0.4, -0.2) is 34.9 Å². The zero-order valence-corrected chi connectivity index (χ0v) is 11.8. The van der Waals surface area contributed by atoms with Gasteiger partial charge in [0.2, 0.25) is 0 Å². The van der Waals surface area contributed by atoms with Crippen LogP contribution in [0.1, 0.15) is 44.1 Å². The Hall–Kier alpha value is -0.810. The molecule has 100 valence electrons. The summed E-state index contributed by atoms with van der Waals surface area (Å²) in [5, 5.41) is 4.82. The molecular formula is C13H22N4S. The molecule has 0 aromatic carbocycles. The molecule has 2 aliphatic rings. The zero-order valence-electron chi connectivity index (χ0n) is 11.0. The van der Waals surface area contributed by atoms with Crippen molar-refractivity contribution in [1.82, 2.24) is 9.27 Å². The van der Waals surface area contributed by atoms with Crippen LogP contribution in [0, 0.1) is 0 Å². The molecule has 2 fully saturated rings. The fourth-order valence-corrected chi connectivity index (χ4v) is 3.71. The molecule has 0 radical (unpaired) electrons. The van der Waals surface area contributed by atoms with Crippen LogP contribution < -0.4 is 11.1 Å². The minimum Gasteiger partial charge on any atom is -0.383 e. The first kappa shape index (κ1) is 12.2. The predicted molar refractivity (Wildman–Crippen MR) is 77.3 cm³/mol. The first-order valence-electron chi connectivity index (χ1n) is 6.98. The molecule has 1 unspecified atom stereocenters. The monoisotopic (exact) mass is 266 g/mol. The first-order chi connectivity index (χ1) is 8.74. The highest BCUT2D eigenvalue weighted by atomic mass is 32.1. The molecule has 1 aromatic rings. The molecule has 0 spiro atoms. The first-order valence-corrected chi connectivity index (χ1v) is 7.75. The summed E-state index contributed by atoms with van der Waals surface area (Å²) in [6.07, 6.45) is 5.26. The van der Waals surface area contributed by atoms with E-state index in [4.69, 9.17) is 5.73 Å². The van der Waals surface area contributed by atoms with E-state index >= 15 is 0 Å². The van der Waals surface area contributed by atoms with Crippen molar-refractivity contribution in [1.29, 1.82) is 0 Å². The van der Waals surface area contributed by atoms with Crippen LogP contribution in [0.5, 0.6) is 0 Å². The van der Waals surface area contributed by atoms with Crippen molar-refractivity contribution >= 4 is 22.4 Å². The minimum absolute atomic E-state index is 0.473. The van der Waals surface area contributed by atoms with E-state index in [0.717, 1.165) is 12.4 Å². The van der Waals surface area contributed by atoms with Crippen LogP contribution >= 0.6 is 11.5 Å². The molecule has 18 heavy (non-hydrogen) atoms. The second-order valence-corrected chi connectivity index (χ2v) is 6.41. The van der Waals surface area contributed by atoms with Gasteiger partial charge in [0.15, 0.2) is 0 Å². The van der Waals surface area contributed by atoms with Crippen LogP contribution in [0.25, 0.3) is 0 Å². The Morgan fingerprint density at radius 2 is 2.17 bits per heavy atom. The van der Waals surface area contributed by atoms with Gasteiger partial charge >= 0.3 is 0 Å². The summed E-state index contributed by atoms with van der Waals surface area (Å²) >= 11 is 1.53. The lowest BCUT2D eigenvalue weighted by Crippen LogP contribution is -2.32. The van der Waals surface area contributed by atoms with Gasteiger partial charge in [0.25, 0.3) is 0 Å². The maximum Gasteiger partial charge on any atom is 0.142 e. The van der Waals surface area contributed by atoms with E-state index < -0.39 is 0 Å². The highest BCUT2D eigenvalue weighted by Gasteiger charge is 2.31. The van der Waals surface area contributed by atoms with Gasteiger partial charge in [0.05, 0.1) is 0 Å². The minimum atomic E-state index is 0.473. The number of nitrogens with one attached hydrogen (secondary N) is 1. The van der Waals surface area contributed by atoms with E-state index in [1.54, 1.807) is 0 Å². The molecule has 1 aliphatic heterocycles. The summed E-state index contributed by atoms with van der Waals surface area (Å²) in [6.45, 7) is 5.89. The van der Waals surface area contributed by atoms with E-state index in [-0.39, 0.29) is 0 Å². The highest BCUT2D eigenvalue weighted by Crippen LogP contribution is 2.47. The number of nitrogens with two attached hydrogens (primary N) is 1. The van der Waals surface area contributed by atoms with Crippen molar-refractivity contribution in [3.8, 4) is 0 Å². The Morgan fingerprint density at radius 1 is 1.44 bits per heavy atom. The van der Waals surface area contributed by atoms with E-state index in [9.17, 15) is 0 Å². The van der Waals surface area contributed by atoms with E-state index in [2.05, 4.69) is 21.5 Å². The van der Waals surface area contributed by atoms with Crippen molar-refractivity contribution in [3.63, 3.8) is 0 Å². The molecule has 5 heteroatoms. The Bertz CT molecular complexity index is 407. The van der Waals surface area contributed by atoms with E-state index in [1.165, 1.54) is 60.9 Å². The van der Waals surface area contributed by atoms with Gasteiger partial charge in [-0.05, 0) is 63.1 Å². The van der Waals surface area contributed by atoms with Gasteiger partial charge in [-0.3, -0.25) is 0 Å². The lowest BCUT2D eigenvalue weighted by molar-refractivity contribution is 0.328. The summed E-state index contributed by atoms with van der Waals surface area (Å²) in [4.78, 5) is 2.54. The second-order valence-electron chi connectivity index (χ2n) is 5.64. The topological polar surface area (TPSA) is 54.2 Å². The summed E-state index contributed by atoms with van der Waals surface area (Å²) in [5.74, 6) is 1.42. The number of hydrogen-bond donors (Lipinski definition) is 2. The molecule has 0 amide bonds. The molecule has 4 nitrogen and oxygen atoms in total. The van der Waals surface area contributed by atoms with Gasteiger partial charge in [-0.2, -0.15) is 4.37 Å². The van der Waals surface area contributed by atoms with Gasteiger partial charge in [-0.1, -0.05) is 0 Å². The molecular weight excluding hydrogens is 244 g/mol.